The molecule has 1 aliphatic heterocycles. The van der Waals surface area contributed by atoms with E-state index in [1.54, 1.807) is 0 Å². The van der Waals surface area contributed by atoms with Gasteiger partial charge in [0.25, 0.3) is 0 Å². The molecular formula is C12H18F3NO2. The van der Waals surface area contributed by atoms with E-state index in [-0.39, 0.29) is 24.9 Å². The second-order valence-corrected chi connectivity index (χ2v) is 5.48. The largest absolute Gasteiger partial charge is 0.417 e. The number of alkyl halides is 3. The van der Waals surface area contributed by atoms with Gasteiger partial charge in [0.05, 0.1) is 0 Å². The molecule has 0 radical (unpaired) electrons. The number of nitrogens with zero attached hydrogens (tertiary/aromatic N) is 1. The van der Waals surface area contributed by atoms with Crippen LogP contribution in [0.4, 0.5) is 13.2 Å². The molecule has 104 valence electrons. The van der Waals surface area contributed by atoms with Gasteiger partial charge in [-0.1, -0.05) is 6.92 Å². The zero-order valence-corrected chi connectivity index (χ0v) is 10.3. The summed E-state index contributed by atoms with van der Waals surface area (Å²) in [6, 6.07) is 0. The van der Waals surface area contributed by atoms with E-state index in [0.717, 1.165) is 12.8 Å². The van der Waals surface area contributed by atoms with Gasteiger partial charge in [-0.25, -0.2) is 0 Å². The SMILES string of the molecule is CC(C(=O)N1CCC(O)(C(F)(F)F)CC1)C1CC1. The number of carbonyl (C=O) groups is 1. The fourth-order valence-corrected chi connectivity index (χ4v) is 2.47. The topological polar surface area (TPSA) is 40.5 Å². The van der Waals surface area contributed by atoms with Crippen LogP contribution in [0.3, 0.4) is 0 Å². The van der Waals surface area contributed by atoms with Crippen LogP contribution in [0, 0.1) is 11.8 Å². The first kappa shape index (κ1) is 13.6. The summed E-state index contributed by atoms with van der Waals surface area (Å²) in [5.74, 6) is 0.240. The molecule has 1 atom stereocenters. The number of hydrogen-bond donors (Lipinski definition) is 1. The predicted molar refractivity (Wildman–Crippen MR) is 58.7 cm³/mol. The van der Waals surface area contributed by atoms with Crippen LogP contribution in [0.2, 0.25) is 0 Å². The predicted octanol–water partition coefficient (Wildman–Crippen LogP) is 1.95. The van der Waals surface area contributed by atoms with Crippen molar-refractivity contribution >= 4 is 5.91 Å². The van der Waals surface area contributed by atoms with Crippen molar-refractivity contribution in [2.45, 2.75) is 44.4 Å². The van der Waals surface area contributed by atoms with Gasteiger partial charge in [0.15, 0.2) is 5.60 Å². The molecule has 1 saturated heterocycles. The van der Waals surface area contributed by atoms with Gasteiger partial charge in [-0.15, -0.1) is 0 Å². The van der Waals surface area contributed by atoms with E-state index in [4.69, 9.17) is 0 Å². The van der Waals surface area contributed by atoms with Crippen LogP contribution < -0.4 is 0 Å². The second kappa shape index (κ2) is 4.40. The minimum absolute atomic E-state index is 0.00803. The van der Waals surface area contributed by atoms with Crippen molar-refractivity contribution < 1.29 is 23.1 Å². The first-order valence-corrected chi connectivity index (χ1v) is 6.32. The molecule has 18 heavy (non-hydrogen) atoms. The number of carbonyl (C=O) groups excluding carboxylic acids is 1. The fourth-order valence-electron chi connectivity index (χ4n) is 2.47. The molecule has 1 amide bonds. The Balaban J connectivity index is 1.92. The summed E-state index contributed by atoms with van der Waals surface area (Å²) in [5, 5.41) is 9.50. The highest BCUT2D eigenvalue weighted by molar-refractivity contribution is 5.79. The van der Waals surface area contributed by atoms with E-state index >= 15 is 0 Å². The van der Waals surface area contributed by atoms with Crippen molar-refractivity contribution in [2.24, 2.45) is 11.8 Å². The molecule has 2 aliphatic rings. The van der Waals surface area contributed by atoms with Crippen LogP contribution in [0.15, 0.2) is 0 Å². The van der Waals surface area contributed by atoms with Crippen LogP contribution in [-0.4, -0.2) is 40.8 Å². The van der Waals surface area contributed by atoms with Crippen LogP contribution in [0.1, 0.15) is 32.6 Å². The summed E-state index contributed by atoms with van der Waals surface area (Å²) in [6.45, 7) is 1.82. The van der Waals surface area contributed by atoms with Crippen molar-refractivity contribution in [1.82, 2.24) is 4.90 Å². The van der Waals surface area contributed by atoms with Gasteiger partial charge in [-0.3, -0.25) is 4.79 Å². The van der Waals surface area contributed by atoms with Gasteiger partial charge in [0.2, 0.25) is 5.91 Å². The third-order valence-electron chi connectivity index (χ3n) is 4.15. The molecule has 1 unspecified atom stereocenters. The molecule has 0 aromatic carbocycles. The van der Waals surface area contributed by atoms with Gasteiger partial charge >= 0.3 is 6.18 Å². The van der Waals surface area contributed by atoms with Crippen LogP contribution >= 0.6 is 0 Å². The summed E-state index contributed by atoms with van der Waals surface area (Å²) in [7, 11) is 0. The highest BCUT2D eigenvalue weighted by Gasteiger charge is 2.55. The number of halogens is 3. The summed E-state index contributed by atoms with van der Waals surface area (Å²) < 4.78 is 37.8. The smallest absolute Gasteiger partial charge is 0.380 e. The fraction of sp³-hybridized carbons (Fsp3) is 0.917. The summed E-state index contributed by atoms with van der Waals surface area (Å²) in [4.78, 5) is 13.5. The van der Waals surface area contributed by atoms with Crippen molar-refractivity contribution in [3.05, 3.63) is 0 Å². The van der Waals surface area contributed by atoms with E-state index in [0.29, 0.717) is 5.92 Å². The average Bonchev–Trinajstić information content (AvgIpc) is 3.10. The van der Waals surface area contributed by atoms with E-state index in [1.165, 1.54) is 4.90 Å². The van der Waals surface area contributed by atoms with Crippen LogP contribution in [0.5, 0.6) is 0 Å². The normalized spacial score (nSPS) is 25.9. The van der Waals surface area contributed by atoms with Crippen LogP contribution in [0.25, 0.3) is 0 Å². The highest BCUT2D eigenvalue weighted by Crippen LogP contribution is 2.40. The molecular weight excluding hydrogens is 247 g/mol. The number of amides is 1. The second-order valence-electron chi connectivity index (χ2n) is 5.48. The third kappa shape index (κ3) is 2.48. The number of likely N-dealkylation sites (tertiary alicyclic amines) is 1. The molecule has 0 aromatic heterocycles. The molecule has 0 bridgehead atoms. The van der Waals surface area contributed by atoms with E-state index in [1.807, 2.05) is 6.92 Å². The molecule has 2 fully saturated rings. The average molecular weight is 265 g/mol. The summed E-state index contributed by atoms with van der Waals surface area (Å²) in [6.07, 6.45) is -3.37. The van der Waals surface area contributed by atoms with Crippen molar-refractivity contribution in [2.75, 3.05) is 13.1 Å². The van der Waals surface area contributed by atoms with Crippen molar-refractivity contribution in [3.63, 3.8) is 0 Å². The number of piperidine rings is 1. The third-order valence-corrected chi connectivity index (χ3v) is 4.15. The lowest BCUT2D eigenvalue weighted by molar-refractivity contribution is -0.272. The first-order chi connectivity index (χ1) is 8.24. The van der Waals surface area contributed by atoms with Gasteiger partial charge in [-0.05, 0) is 18.8 Å². The van der Waals surface area contributed by atoms with Crippen molar-refractivity contribution in [3.8, 4) is 0 Å². The maximum Gasteiger partial charge on any atom is 0.417 e. The summed E-state index contributed by atoms with van der Waals surface area (Å²) >= 11 is 0. The van der Waals surface area contributed by atoms with Gasteiger partial charge in [0, 0.05) is 31.8 Å². The zero-order valence-electron chi connectivity index (χ0n) is 10.3. The monoisotopic (exact) mass is 265 g/mol. The Kier molecular flexibility index (Phi) is 3.34. The van der Waals surface area contributed by atoms with Gasteiger partial charge in [-0.2, -0.15) is 13.2 Å². The van der Waals surface area contributed by atoms with Gasteiger partial charge < -0.3 is 10.0 Å². The Labute approximate surface area is 104 Å². The number of aliphatic hydroxyl groups is 1. The Morgan fingerprint density at radius 3 is 2.22 bits per heavy atom. The molecule has 1 aliphatic carbocycles. The summed E-state index contributed by atoms with van der Waals surface area (Å²) in [5.41, 5.74) is -2.62. The van der Waals surface area contributed by atoms with Crippen LogP contribution in [-0.2, 0) is 4.79 Å². The molecule has 1 saturated carbocycles. The molecule has 0 spiro atoms. The highest BCUT2D eigenvalue weighted by atomic mass is 19.4. The standard InChI is InChI=1S/C12H18F3NO2/c1-8(9-2-3-9)10(17)16-6-4-11(18,5-7-16)12(13,14)15/h8-9,18H,2-7H2,1H3. The molecule has 6 heteroatoms. The molecule has 0 aromatic rings. The van der Waals surface area contributed by atoms with E-state index < -0.39 is 24.6 Å². The molecule has 1 heterocycles. The maximum atomic E-state index is 12.6. The maximum absolute atomic E-state index is 12.6. The minimum Gasteiger partial charge on any atom is -0.380 e. The van der Waals surface area contributed by atoms with Crippen molar-refractivity contribution in [1.29, 1.82) is 0 Å². The molecule has 1 N–H and O–H groups in total. The van der Waals surface area contributed by atoms with Gasteiger partial charge in [0.1, 0.15) is 0 Å². The lowest BCUT2D eigenvalue weighted by Crippen LogP contribution is -2.55. The zero-order chi connectivity index (χ0) is 13.6. The van der Waals surface area contributed by atoms with E-state index in [9.17, 15) is 23.1 Å². The quantitative estimate of drug-likeness (QED) is 0.829. The minimum atomic E-state index is -4.61. The molecule has 2 rings (SSSR count). The van der Waals surface area contributed by atoms with E-state index in [2.05, 4.69) is 0 Å². The first-order valence-electron chi connectivity index (χ1n) is 6.32. The Hall–Kier alpha value is -0.780. The Morgan fingerprint density at radius 1 is 1.33 bits per heavy atom. The number of rotatable bonds is 2. The molecule has 3 nitrogen and oxygen atoms in total. The number of hydrogen-bond acceptors (Lipinski definition) is 2. The Bertz CT molecular complexity index is 331. The lowest BCUT2D eigenvalue weighted by Gasteiger charge is -2.39. The Morgan fingerprint density at radius 2 is 1.83 bits per heavy atom. The lowest BCUT2D eigenvalue weighted by atomic mass is 9.90.